The number of likely N-dealkylation sites (tertiary alicyclic amines) is 1. The summed E-state index contributed by atoms with van der Waals surface area (Å²) in [4.78, 5) is 25.3. The van der Waals surface area contributed by atoms with E-state index in [1.54, 1.807) is 0 Å². The minimum Gasteiger partial charge on any atom is -0.361 e. The van der Waals surface area contributed by atoms with Gasteiger partial charge in [0.05, 0.1) is 12.1 Å². The third-order valence-electron chi connectivity index (χ3n) is 4.02. The summed E-state index contributed by atoms with van der Waals surface area (Å²) in [6.07, 6.45) is 2.38. The van der Waals surface area contributed by atoms with E-state index < -0.39 is 0 Å². The number of carbonyl (C=O) groups is 2. The van der Waals surface area contributed by atoms with Crippen LogP contribution < -0.4 is 5.32 Å². The van der Waals surface area contributed by atoms with Gasteiger partial charge in [-0.25, -0.2) is 0 Å². The predicted molar refractivity (Wildman–Crippen MR) is 77.7 cm³/mol. The fraction of sp³-hybridized carbons (Fsp3) is 0.667. The Bertz CT molecular complexity index is 505. The van der Waals surface area contributed by atoms with E-state index in [0.29, 0.717) is 31.2 Å². The lowest BCUT2D eigenvalue weighted by Gasteiger charge is -2.33. The zero-order valence-electron chi connectivity index (χ0n) is 12.9. The van der Waals surface area contributed by atoms with Crippen LogP contribution in [-0.4, -0.2) is 41.5 Å². The molecule has 0 saturated carbocycles. The first-order chi connectivity index (χ1) is 9.97. The molecule has 1 unspecified atom stereocenters. The molecular weight excluding hydrogens is 270 g/mol. The lowest BCUT2D eigenvalue weighted by molar-refractivity contribution is -0.132. The van der Waals surface area contributed by atoms with Gasteiger partial charge in [-0.1, -0.05) is 5.16 Å². The zero-order chi connectivity index (χ0) is 15.4. The van der Waals surface area contributed by atoms with Crippen LogP contribution in [0.4, 0.5) is 0 Å². The van der Waals surface area contributed by atoms with Crippen LogP contribution >= 0.6 is 0 Å². The fourth-order valence-corrected chi connectivity index (χ4v) is 2.76. The second-order valence-electron chi connectivity index (χ2n) is 5.76. The number of nitrogens with zero attached hydrogens (tertiary/aromatic N) is 2. The van der Waals surface area contributed by atoms with Gasteiger partial charge in [-0.2, -0.15) is 0 Å². The van der Waals surface area contributed by atoms with Crippen LogP contribution in [0.5, 0.6) is 0 Å². The Hall–Kier alpha value is -1.85. The van der Waals surface area contributed by atoms with E-state index in [2.05, 4.69) is 10.5 Å². The molecule has 1 atom stereocenters. The van der Waals surface area contributed by atoms with E-state index in [9.17, 15) is 9.59 Å². The van der Waals surface area contributed by atoms with E-state index in [-0.39, 0.29) is 11.8 Å². The number of hydrogen-bond acceptors (Lipinski definition) is 4. The van der Waals surface area contributed by atoms with Crippen molar-refractivity contribution >= 4 is 11.8 Å². The summed E-state index contributed by atoms with van der Waals surface area (Å²) in [6, 6.07) is 0. The summed E-state index contributed by atoms with van der Waals surface area (Å²) in [6.45, 7) is 7.35. The number of aryl methyl sites for hydroxylation is 2. The third-order valence-corrected chi connectivity index (χ3v) is 4.02. The van der Waals surface area contributed by atoms with Crippen molar-refractivity contribution in [3.63, 3.8) is 0 Å². The van der Waals surface area contributed by atoms with Crippen molar-refractivity contribution in [3.8, 4) is 0 Å². The molecule has 6 nitrogen and oxygen atoms in total. The molecule has 1 aliphatic heterocycles. The third kappa shape index (κ3) is 4.06. The Kier molecular flexibility index (Phi) is 4.98. The van der Waals surface area contributed by atoms with Crippen molar-refractivity contribution in [1.29, 1.82) is 0 Å². The zero-order valence-corrected chi connectivity index (χ0v) is 12.9. The summed E-state index contributed by atoms with van der Waals surface area (Å²) < 4.78 is 5.10. The highest BCUT2D eigenvalue weighted by molar-refractivity contribution is 5.79. The fourth-order valence-electron chi connectivity index (χ4n) is 2.76. The van der Waals surface area contributed by atoms with Gasteiger partial charge in [-0.3, -0.25) is 9.59 Å². The van der Waals surface area contributed by atoms with Crippen LogP contribution in [-0.2, 0) is 16.0 Å². The number of piperidine rings is 1. The number of rotatable bonds is 4. The normalized spacial score (nSPS) is 18.6. The molecule has 2 amide bonds. The molecule has 1 aliphatic rings. The van der Waals surface area contributed by atoms with Gasteiger partial charge >= 0.3 is 0 Å². The molecule has 2 heterocycles. The van der Waals surface area contributed by atoms with E-state index >= 15 is 0 Å². The molecule has 0 aromatic carbocycles. The second kappa shape index (κ2) is 6.74. The minimum absolute atomic E-state index is 0.0193. The molecular formula is C15H23N3O3. The van der Waals surface area contributed by atoms with Gasteiger partial charge < -0.3 is 14.7 Å². The standard InChI is InChI=1S/C15H23N3O3/c1-10-14(11(2)21-17-10)7-15(20)18-6-4-5-13(9-18)8-16-12(3)19/h13H,4-9H2,1-3H3,(H,16,19). The Morgan fingerprint density at radius 3 is 2.81 bits per heavy atom. The minimum atomic E-state index is -0.0193. The average molecular weight is 293 g/mol. The van der Waals surface area contributed by atoms with Gasteiger partial charge in [-0.05, 0) is 32.6 Å². The first-order valence-electron chi connectivity index (χ1n) is 7.41. The Labute approximate surface area is 124 Å². The molecule has 1 fully saturated rings. The Morgan fingerprint density at radius 1 is 1.43 bits per heavy atom. The molecule has 0 radical (unpaired) electrons. The molecule has 21 heavy (non-hydrogen) atoms. The molecule has 1 aromatic rings. The molecule has 1 aromatic heterocycles. The molecule has 2 rings (SSSR count). The van der Waals surface area contributed by atoms with E-state index in [4.69, 9.17) is 4.52 Å². The highest BCUT2D eigenvalue weighted by atomic mass is 16.5. The van der Waals surface area contributed by atoms with Gasteiger partial charge in [0.15, 0.2) is 0 Å². The van der Waals surface area contributed by atoms with Crippen molar-refractivity contribution in [2.24, 2.45) is 5.92 Å². The van der Waals surface area contributed by atoms with E-state index in [1.807, 2.05) is 18.7 Å². The maximum absolute atomic E-state index is 12.4. The Balaban J connectivity index is 1.91. The summed E-state index contributed by atoms with van der Waals surface area (Å²) >= 11 is 0. The maximum atomic E-state index is 12.4. The number of aromatic nitrogens is 1. The van der Waals surface area contributed by atoms with Gasteiger partial charge in [0, 0.05) is 32.1 Å². The van der Waals surface area contributed by atoms with Crippen LogP contribution in [0.3, 0.4) is 0 Å². The lowest BCUT2D eigenvalue weighted by atomic mass is 9.97. The first-order valence-corrected chi connectivity index (χ1v) is 7.41. The molecule has 1 N–H and O–H groups in total. The van der Waals surface area contributed by atoms with E-state index in [1.165, 1.54) is 6.92 Å². The van der Waals surface area contributed by atoms with E-state index in [0.717, 1.165) is 30.6 Å². The van der Waals surface area contributed by atoms with Gasteiger partial charge in [-0.15, -0.1) is 0 Å². The Morgan fingerprint density at radius 2 is 2.19 bits per heavy atom. The molecule has 0 bridgehead atoms. The quantitative estimate of drug-likeness (QED) is 0.905. The summed E-state index contributed by atoms with van der Waals surface area (Å²) in [5.41, 5.74) is 1.68. The van der Waals surface area contributed by atoms with Crippen molar-refractivity contribution in [2.75, 3.05) is 19.6 Å². The van der Waals surface area contributed by atoms with Gasteiger partial charge in [0.2, 0.25) is 11.8 Å². The van der Waals surface area contributed by atoms with Crippen LogP contribution in [0, 0.1) is 19.8 Å². The van der Waals surface area contributed by atoms with Gasteiger partial charge in [0.1, 0.15) is 5.76 Å². The highest BCUT2D eigenvalue weighted by Gasteiger charge is 2.25. The molecule has 0 aliphatic carbocycles. The molecule has 0 spiro atoms. The molecule has 6 heteroatoms. The van der Waals surface area contributed by atoms with Crippen molar-refractivity contribution in [3.05, 3.63) is 17.0 Å². The maximum Gasteiger partial charge on any atom is 0.227 e. The van der Waals surface area contributed by atoms with Gasteiger partial charge in [0.25, 0.3) is 0 Å². The predicted octanol–water partition coefficient (Wildman–Crippen LogP) is 1.21. The van der Waals surface area contributed by atoms with Crippen molar-refractivity contribution in [1.82, 2.24) is 15.4 Å². The SMILES string of the molecule is CC(=O)NCC1CCCN(C(=O)Cc2c(C)noc2C)C1. The monoisotopic (exact) mass is 293 g/mol. The summed E-state index contributed by atoms with van der Waals surface area (Å²) in [5.74, 6) is 1.15. The number of hydrogen-bond donors (Lipinski definition) is 1. The van der Waals surface area contributed by atoms with Crippen LogP contribution in [0.15, 0.2) is 4.52 Å². The molecule has 1 saturated heterocycles. The number of amides is 2. The second-order valence-corrected chi connectivity index (χ2v) is 5.76. The first kappa shape index (κ1) is 15.5. The smallest absolute Gasteiger partial charge is 0.227 e. The summed E-state index contributed by atoms with van der Waals surface area (Å²) in [7, 11) is 0. The van der Waals surface area contributed by atoms with Crippen molar-refractivity contribution < 1.29 is 14.1 Å². The van der Waals surface area contributed by atoms with Crippen molar-refractivity contribution in [2.45, 2.75) is 40.0 Å². The summed E-state index contributed by atoms with van der Waals surface area (Å²) in [5, 5.41) is 6.72. The van der Waals surface area contributed by atoms with Crippen LogP contribution in [0.25, 0.3) is 0 Å². The van der Waals surface area contributed by atoms with Crippen LogP contribution in [0.2, 0.25) is 0 Å². The topological polar surface area (TPSA) is 75.4 Å². The number of carbonyl (C=O) groups excluding carboxylic acids is 2. The highest BCUT2D eigenvalue weighted by Crippen LogP contribution is 2.19. The lowest BCUT2D eigenvalue weighted by Crippen LogP contribution is -2.44. The average Bonchev–Trinajstić information content (AvgIpc) is 2.77. The largest absolute Gasteiger partial charge is 0.361 e. The number of nitrogens with one attached hydrogen (secondary N) is 1. The molecule has 116 valence electrons. The van der Waals surface area contributed by atoms with Crippen LogP contribution in [0.1, 0.15) is 36.8 Å².